The minimum absolute atomic E-state index is 0.276. The summed E-state index contributed by atoms with van der Waals surface area (Å²) < 4.78 is 5.73. The molecule has 0 aliphatic heterocycles. The Morgan fingerprint density at radius 3 is 2.79 bits per heavy atom. The molecule has 0 spiro atoms. The number of carbonyl (C=O) groups excluding carboxylic acids is 1. The van der Waals surface area contributed by atoms with E-state index in [2.05, 4.69) is 40.3 Å². The molecule has 1 rings (SSSR count). The van der Waals surface area contributed by atoms with Gasteiger partial charge >= 0.3 is 5.97 Å². The topological polar surface area (TPSA) is 26.3 Å². The maximum Gasteiger partial charge on any atom is 0.337 e. The zero-order chi connectivity index (χ0) is 10.6. The van der Waals surface area contributed by atoms with E-state index in [1.54, 1.807) is 11.8 Å². The molecule has 0 fully saturated rings. The molecule has 0 bridgehead atoms. The highest BCUT2D eigenvalue weighted by atomic mass is 127. The fourth-order valence-electron chi connectivity index (χ4n) is 1.05. The van der Waals surface area contributed by atoms with Gasteiger partial charge in [0, 0.05) is 8.47 Å². The second kappa shape index (κ2) is 5.60. The van der Waals surface area contributed by atoms with Crippen LogP contribution < -0.4 is 0 Å². The molecular weight excluding hydrogens is 311 g/mol. The summed E-state index contributed by atoms with van der Waals surface area (Å²) in [7, 11) is 1.40. The van der Waals surface area contributed by atoms with Crippen LogP contribution in [0, 0.1) is 3.57 Å². The van der Waals surface area contributed by atoms with Crippen molar-refractivity contribution in [3.63, 3.8) is 0 Å². The predicted molar refractivity (Wildman–Crippen MR) is 66.9 cm³/mol. The van der Waals surface area contributed by atoms with Crippen LogP contribution in [0.2, 0.25) is 0 Å². The number of hydrogen-bond acceptors (Lipinski definition) is 3. The molecule has 0 aliphatic rings. The summed E-state index contributed by atoms with van der Waals surface area (Å²) in [6.45, 7) is 2.09. The zero-order valence-electron chi connectivity index (χ0n) is 8.04. The quantitative estimate of drug-likeness (QED) is 0.486. The molecule has 76 valence electrons. The lowest BCUT2D eigenvalue weighted by Gasteiger charge is -2.03. The Bertz CT molecular complexity index is 339. The van der Waals surface area contributed by atoms with E-state index in [4.69, 9.17) is 0 Å². The number of esters is 1. The van der Waals surface area contributed by atoms with Crippen LogP contribution in [0.4, 0.5) is 0 Å². The van der Waals surface area contributed by atoms with E-state index >= 15 is 0 Å². The van der Waals surface area contributed by atoms with Crippen molar-refractivity contribution in [2.45, 2.75) is 11.8 Å². The third-order valence-electron chi connectivity index (χ3n) is 1.60. The third kappa shape index (κ3) is 3.16. The van der Waals surface area contributed by atoms with E-state index in [1.165, 1.54) is 7.11 Å². The maximum atomic E-state index is 11.3. The molecule has 0 amide bonds. The molecule has 0 radical (unpaired) electrons. The van der Waals surface area contributed by atoms with Crippen molar-refractivity contribution in [2.24, 2.45) is 0 Å². The molecule has 0 heterocycles. The van der Waals surface area contributed by atoms with Crippen LogP contribution in [-0.4, -0.2) is 18.8 Å². The first-order chi connectivity index (χ1) is 6.67. The van der Waals surface area contributed by atoms with Gasteiger partial charge < -0.3 is 4.74 Å². The second-order valence-electron chi connectivity index (χ2n) is 2.60. The van der Waals surface area contributed by atoms with Crippen molar-refractivity contribution in [1.82, 2.24) is 0 Å². The molecule has 0 unspecified atom stereocenters. The molecular formula is C10H11IO2S. The van der Waals surface area contributed by atoms with Crippen LogP contribution in [0.1, 0.15) is 17.3 Å². The van der Waals surface area contributed by atoms with E-state index < -0.39 is 0 Å². The Balaban J connectivity index is 3.00. The van der Waals surface area contributed by atoms with Crippen LogP contribution in [0.25, 0.3) is 0 Å². The SMILES string of the molecule is CCSc1cc(I)cc(C(=O)OC)c1. The van der Waals surface area contributed by atoms with Gasteiger partial charge in [-0.25, -0.2) is 4.79 Å². The van der Waals surface area contributed by atoms with Gasteiger partial charge in [0.15, 0.2) is 0 Å². The van der Waals surface area contributed by atoms with Gasteiger partial charge in [-0.1, -0.05) is 6.92 Å². The Hall–Kier alpha value is -0.230. The lowest BCUT2D eigenvalue weighted by atomic mass is 10.2. The number of ether oxygens (including phenoxy) is 1. The van der Waals surface area contributed by atoms with Gasteiger partial charge in [-0.05, 0) is 46.5 Å². The molecule has 1 aromatic carbocycles. The minimum Gasteiger partial charge on any atom is -0.465 e. The molecule has 0 N–H and O–H groups in total. The summed E-state index contributed by atoms with van der Waals surface area (Å²) in [5.74, 6) is 0.724. The molecule has 0 atom stereocenters. The van der Waals surface area contributed by atoms with Gasteiger partial charge in [0.2, 0.25) is 0 Å². The first-order valence-electron chi connectivity index (χ1n) is 4.19. The van der Waals surface area contributed by atoms with Gasteiger partial charge in [-0.3, -0.25) is 0 Å². The summed E-state index contributed by atoms with van der Waals surface area (Å²) in [4.78, 5) is 12.4. The molecule has 14 heavy (non-hydrogen) atoms. The molecule has 0 aliphatic carbocycles. The highest BCUT2D eigenvalue weighted by molar-refractivity contribution is 14.1. The summed E-state index contributed by atoms with van der Waals surface area (Å²) in [5.41, 5.74) is 0.621. The monoisotopic (exact) mass is 322 g/mol. The average Bonchev–Trinajstić information content (AvgIpc) is 2.16. The lowest BCUT2D eigenvalue weighted by molar-refractivity contribution is 0.0600. The van der Waals surface area contributed by atoms with Gasteiger partial charge in [-0.2, -0.15) is 0 Å². The standard InChI is InChI=1S/C10H11IO2S/c1-3-14-9-5-7(10(12)13-2)4-8(11)6-9/h4-6H,3H2,1-2H3. The van der Waals surface area contributed by atoms with Crippen LogP contribution >= 0.6 is 34.4 Å². The smallest absolute Gasteiger partial charge is 0.337 e. The van der Waals surface area contributed by atoms with Crippen molar-refractivity contribution >= 4 is 40.3 Å². The largest absolute Gasteiger partial charge is 0.465 e. The fourth-order valence-corrected chi connectivity index (χ4v) is 2.68. The number of carbonyl (C=O) groups is 1. The Kier molecular flexibility index (Phi) is 4.74. The van der Waals surface area contributed by atoms with E-state index in [-0.39, 0.29) is 5.97 Å². The second-order valence-corrected chi connectivity index (χ2v) is 5.18. The van der Waals surface area contributed by atoms with Gasteiger partial charge in [0.1, 0.15) is 0 Å². The molecule has 2 nitrogen and oxygen atoms in total. The Labute approximate surface area is 102 Å². The number of thioether (sulfide) groups is 1. The summed E-state index contributed by atoms with van der Waals surface area (Å²) in [6.07, 6.45) is 0. The normalized spacial score (nSPS) is 9.93. The molecule has 1 aromatic rings. The number of methoxy groups -OCH3 is 1. The first kappa shape index (κ1) is 11.8. The molecule has 0 saturated carbocycles. The predicted octanol–water partition coefficient (Wildman–Crippen LogP) is 3.19. The fraction of sp³-hybridized carbons (Fsp3) is 0.300. The minimum atomic E-state index is -0.276. The molecule has 4 heteroatoms. The zero-order valence-corrected chi connectivity index (χ0v) is 11.0. The van der Waals surface area contributed by atoms with E-state index in [0.29, 0.717) is 5.56 Å². The number of hydrogen-bond donors (Lipinski definition) is 0. The Morgan fingerprint density at radius 1 is 1.50 bits per heavy atom. The van der Waals surface area contributed by atoms with Crippen molar-refractivity contribution < 1.29 is 9.53 Å². The number of halogens is 1. The molecule has 0 aromatic heterocycles. The van der Waals surface area contributed by atoms with E-state index in [0.717, 1.165) is 14.2 Å². The van der Waals surface area contributed by atoms with Crippen molar-refractivity contribution in [2.75, 3.05) is 12.9 Å². The van der Waals surface area contributed by atoms with Gasteiger partial charge in [0.25, 0.3) is 0 Å². The Morgan fingerprint density at radius 2 is 2.21 bits per heavy atom. The van der Waals surface area contributed by atoms with Crippen LogP contribution in [0.3, 0.4) is 0 Å². The maximum absolute atomic E-state index is 11.3. The summed E-state index contributed by atoms with van der Waals surface area (Å²) >= 11 is 3.92. The van der Waals surface area contributed by atoms with Crippen molar-refractivity contribution in [1.29, 1.82) is 0 Å². The van der Waals surface area contributed by atoms with Crippen LogP contribution in [0.5, 0.6) is 0 Å². The lowest BCUT2D eigenvalue weighted by Crippen LogP contribution is -2.01. The van der Waals surface area contributed by atoms with Crippen LogP contribution in [-0.2, 0) is 4.74 Å². The third-order valence-corrected chi connectivity index (χ3v) is 3.08. The summed E-state index contributed by atoms with van der Waals surface area (Å²) in [5, 5.41) is 0. The average molecular weight is 322 g/mol. The van der Waals surface area contributed by atoms with Crippen molar-refractivity contribution in [3.8, 4) is 0 Å². The summed E-state index contributed by atoms with van der Waals surface area (Å²) in [6, 6.07) is 5.75. The number of benzene rings is 1. The molecule has 0 saturated heterocycles. The number of rotatable bonds is 3. The highest BCUT2D eigenvalue weighted by Gasteiger charge is 2.07. The van der Waals surface area contributed by atoms with Gasteiger partial charge in [-0.15, -0.1) is 11.8 Å². The van der Waals surface area contributed by atoms with E-state index in [9.17, 15) is 4.79 Å². The van der Waals surface area contributed by atoms with Crippen molar-refractivity contribution in [3.05, 3.63) is 27.3 Å². The highest BCUT2D eigenvalue weighted by Crippen LogP contribution is 2.22. The first-order valence-corrected chi connectivity index (χ1v) is 6.25. The van der Waals surface area contributed by atoms with Gasteiger partial charge in [0.05, 0.1) is 12.7 Å². The van der Waals surface area contributed by atoms with E-state index in [1.807, 2.05) is 12.1 Å². The van der Waals surface area contributed by atoms with Crippen LogP contribution in [0.15, 0.2) is 23.1 Å².